The van der Waals surface area contributed by atoms with Crippen LogP contribution in [0.25, 0.3) is 0 Å². The number of likely N-dealkylation sites (N-methyl/N-ethyl adjacent to an activating group) is 1. The quantitative estimate of drug-likeness (QED) is 0.437. The Morgan fingerprint density at radius 3 is 2.71 bits per heavy atom. The first kappa shape index (κ1) is 35.0. The molecule has 5 aliphatic rings. The molecule has 2 bridgehead atoms. The second kappa shape index (κ2) is 13.1. The number of carbonyl (C=O) groups is 2. The van der Waals surface area contributed by atoms with Gasteiger partial charge in [0.15, 0.2) is 0 Å². The molecule has 1 aromatic rings. The maximum atomic E-state index is 13.6. The average Bonchev–Trinajstić information content (AvgIpc) is 3.17. The zero-order chi connectivity index (χ0) is 34.5. The maximum absolute atomic E-state index is 13.6. The lowest BCUT2D eigenvalue weighted by molar-refractivity contribution is -0.139. The fourth-order valence-electron chi connectivity index (χ4n) is 8.04. The number of rotatable bonds is 3. The predicted molar refractivity (Wildman–Crippen MR) is 184 cm³/mol. The van der Waals surface area contributed by atoms with Crippen molar-refractivity contribution in [1.29, 1.82) is 0 Å². The van der Waals surface area contributed by atoms with Crippen LogP contribution in [0.2, 0.25) is 0 Å². The number of nitrogens with one attached hydrogen (secondary N) is 1. The minimum Gasteiger partial charge on any atom is -0.491 e. The lowest BCUT2D eigenvalue weighted by atomic mass is 9.51. The first-order valence-electron chi connectivity index (χ1n) is 16.9. The van der Waals surface area contributed by atoms with Gasteiger partial charge in [-0.1, -0.05) is 49.2 Å². The summed E-state index contributed by atoms with van der Waals surface area (Å²) >= 11 is 6.51. The predicted octanol–water partition coefficient (Wildman–Crippen LogP) is 5.04. The van der Waals surface area contributed by atoms with E-state index in [4.69, 9.17) is 25.8 Å². The number of nitrogens with zero attached hydrogens (tertiary/aromatic N) is 2. The van der Waals surface area contributed by atoms with Crippen molar-refractivity contribution >= 4 is 39.1 Å². The van der Waals surface area contributed by atoms with Crippen molar-refractivity contribution in [2.45, 2.75) is 69.5 Å². The molecule has 2 heterocycles. The van der Waals surface area contributed by atoms with E-state index in [1.165, 1.54) is 24.8 Å². The van der Waals surface area contributed by atoms with E-state index < -0.39 is 21.5 Å². The number of amides is 2. The Labute approximate surface area is 289 Å². The van der Waals surface area contributed by atoms with Crippen molar-refractivity contribution in [1.82, 2.24) is 9.62 Å². The molecule has 3 aliphatic carbocycles. The molecule has 1 spiro atoms. The molecule has 0 saturated heterocycles. The van der Waals surface area contributed by atoms with Crippen LogP contribution in [-0.4, -0.2) is 83.8 Å². The molecule has 10 nitrogen and oxygen atoms in total. The van der Waals surface area contributed by atoms with Gasteiger partial charge in [-0.2, -0.15) is 0 Å². The van der Waals surface area contributed by atoms with E-state index in [0.717, 1.165) is 37.1 Å². The molecule has 262 valence electrons. The Bertz CT molecular complexity index is 1640. The number of halogens is 1. The molecule has 2 amide bonds. The van der Waals surface area contributed by atoms with Gasteiger partial charge in [-0.05, 0) is 81.6 Å². The smallest absolute Gasteiger partial charge is 0.265 e. The number of hydrogen-bond donors (Lipinski definition) is 1. The van der Waals surface area contributed by atoms with Crippen molar-refractivity contribution in [3.63, 3.8) is 0 Å². The third-order valence-corrected chi connectivity index (χ3v) is 13.1. The monoisotopic (exact) mass is 701 g/mol. The molecule has 6 atom stereocenters. The number of benzene rings is 1. The topological polar surface area (TPSA) is 114 Å². The summed E-state index contributed by atoms with van der Waals surface area (Å²) < 4.78 is 48.3. The third-order valence-electron chi connectivity index (χ3n) is 11.5. The van der Waals surface area contributed by atoms with Crippen molar-refractivity contribution < 1.29 is 32.2 Å². The Balaban J connectivity index is 1.41. The fraction of sp³-hybridized carbons (Fsp3) is 0.611. The number of anilines is 1. The second-order valence-corrected chi connectivity index (χ2v) is 17.1. The van der Waals surface area contributed by atoms with Gasteiger partial charge in [-0.15, -0.1) is 0 Å². The zero-order valence-electron chi connectivity index (χ0n) is 28.5. The highest BCUT2D eigenvalue weighted by Gasteiger charge is 2.56. The number of ether oxygens (including phenoxy) is 3. The van der Waals surface area contributed by atoms with Crippen LogP contribution in [0, 0.1) is 28.6 Å². The van der Waals surface area contributed by atoms with E-state index in [9.17, 15) is 18.0 Å². The van der Waals surface area contributed by atoms with E-state index >= 15 is 0 Å². The Morgan fingerprint density at radius 1 is 1.19 bits per heavy atom. The standard InChI is InChI=1S/C36H48ClN3O7S/c1-34(2)33(42)38-48(43,44)27-11-13-31-29(19-27)40(22-36(23-46-31)15-6-8-25-18-26(37)14-16-35(25,36)3)20-24-10-12-28(24)30(9-7-17-47-34)45-21-32(41)39(4)5/h7,9,11,13-14,16,18-19,24-25,28,30H,6,8,10,12,15,17,20-23H2,1-5H3,(H,38,42)/t24-,25?,28+,30+,35?,36-/m0/s1. The Hall–Kier alpha value is -2.86. The van der Waals surface area contributed by atoms with Crippen LogP contribution in [0.4, 0.5) is 5.69 Å². The third kappa shape index (κ3) is 6.55. The van der Waals surface area contributed by atoms with Gasteiger partial charge in [0.2, 0.25) is 5.91 Å². The number of carbonyl (C=O) groups excluding carboxylic acids is 2. The molecule has 2 saturated carbocycles. The van der Waals surface area contributed by atoms with Crippen molar-refractivity contribution in [3.05, 3.63) is 53.6 Å². The zero-order valence-corrected chi connectivity index (χ0v) is 30.1. The van der Waals surface area contributed by atoms with Crippen LogP contribution in [0.15, 0.2) is 58.5 Å². The van der Waals surface area contributed by atoms with Gasteiger partial charge < -0.3 is 24.0 Å². The van der Waals surface area contributed by atoms with Crippen LogP contribution >= 0.6 is 11.6 Å². The molecule has 1 aromatic carbocycles. The summed E-state index contributed by atoms with van der Waals surface area (Å²) in [4.78, 5) is 29.6. The van der Waals surface area contributed by atoms with Crippen molar-refractivity contribution in [3.8, 4) is 5.75 Å². The highest BCUT2D eigenvalue weighted by molar-refractivity contribution is 7.90. The maximum Gasteiger partial charge on any atom is 0.265 e. The van der Waals surface area contributed by atoms with Gasteiger partial charge in [0.1, 0.15) is 18.0 Å². The van der Waals surface area contributed by atoms with E-state index in [2.05, 4.69) is 28.7 Å². The second-order valence-electron chi connectivity index (χ2n) is 15.0. The molecular weight excluding hydrogens is 654 g/mol. The number of fused-ring (bicyclic) bond motifs is 4. The summed E-state index contributed by atoms with van der Waals surface area (Å²) in [5.41, 5.74) is -1.25. The van der Waals surface area contributed by atoms with Crippen molar-refractivity contribution in [2.75, 3.05) is 51.9 Å². The van der Waals surface area contributed by atoms with E-state index in [0.29, 0.717) is 31.1 Å². The Kier molecular flexibility index (Phi) is 9.56. The highest BCUT2D eigenvalue weighted by Crippen LogP contribution is 2.59. The molecule has 0 aromatic heterocycles. The molecular formula is C36H48ClN3O7S. The van der Waals surface area contributed by atoms with Gasteiger partial charge in [0, 0.05) is 43.0 Å². The molecule has 0 radical (unpaired) electrons. The number of hydrogen-bond acceptors (Lipinski definition) is 8. The summed E-state index contributed by atoms with van der Waals surface area (Å²) in [6, 6.07) is 4.84. The molecule has 2 aliphatic heterocycles. The molecule has 2 unspecified atom stereocenters. The lowest BCUT2D eigenvalue weighted by Gasteiger charge is -2.56. The lowest BCUT2D eigenvalue weighted by Crippen LogP contribution is -2.56. The van der Waals surface area contributed by atoms with Gasteiger partial charge in [-0.25, -0.2) is 13.1 Å². The van der Waals surface area contributed by atoms with Gasteiger partial charge in [0.25, 0.3) is 15.9 Å². The first-order valence-corrected chi connectivity index (χ1v) is 18.8. The number of allylic oxidation sites excluding steroid dienone is 4. The fourth-order valence-corrected chi connectivity index (χ4v) is 9.37. The molecule has 2 fully saturated rings. The van der Waals surface area contributed by atoms with Gasteiger partial charge >= 0.3 is 0 Å². The average molecular weight is 702 g/mol. The van der Waals surface area contributed by atoms with E-state index in [1.54, 1.807) is 32.3 Å². The first-order chi connectivity index (χ1) is 22.6. The highest BCUT2D eigenvalue weighted by atomic mass is 35.5. The minimum absolute atomic E-state index is 0.0180. The SMILES string of the molecule is CN(C)C(=O)CO[C@@H]1C=CCOC(C)(C)C(=O)NS(=O)(=O)c2ccc3c(c2)N(C[C@@H]2CC[C@H]21)C[C@@]1(CCCC2C=C(Cl)C=CC21C)CO3. The van der Waals surface area contributed by atoms with Crippen LogP contribution in [0.1, 0.15) is 52.9 Å². The Morgan fingerprint density at radius 2 is 1.98 bits per heavy atom. The van der Waals surface area contributed by atoms with Gasteiger partial charge in [0.05, 0.1) is 29.9 Å². The normalized spacial score (nSPS) is 34.0. The summed E-state index contributed by atoms with van der Waals surface area (Å²) in [7, 11) is -0.811. The molecule has 12 heteroatoms. The van der Waals surface area contributed by atoms with Crippen LogP contribution < -0.4 is 14.4 Å². The van der Waals surface area contributed by atoms with Crippen LogP contribution in [0.5, 0.6) is 5.75 Å². The van der Waals surface area contributed by atoms with Crippen LogP contribution in [0.3, 0.4) is 0 Å². The van der Waals surface area contributed by atoms with E-state index in [1.807, 2.05) is 12.2 Å². The summed E-state index contributed by atoms with van der Waals surface area (Å²) in [5.74, 6) is 0.315. The van der Waals surface area contributed by atoms with Crippen LogP contribution in [-0.2, 0) is 29.1 Å². The number of sulfonamides is 1. The molecule has 6 rings (SSSR count). The van der Waals surface area contributed by atoms with E-state index in [-0.39, 0.29) is 58.7 Å². The summed E-state index contributed by atoms with van der Waals surface area (Å²) in [6.45, 7) is 7.17. The van der Waals surface area contributed by atoms with Gasteiger partial charge in [-0.3, -0.25) is 9.59 Å². The molecule has 1 N–H and O–H groups in total. The minimum atomic E-state index is -4.22. The molecule has 48 heavy (non-hydrogen) atoms. The summed E-state index contributed by atoms with van der Waals surface area (Å²) in [5, 5.41) is 0.756. The van der Waals surface area contributed by atoms with Crippen molar-refractivity contribution in [2.24, 2.45) is 28.6 Å². The summed E-state index contributed by atoms with van der Waals surface area (Å²) in [6.07, 6.45) is 14.7. The largest absolute Gasteiger partial charge is 0.491 e.